The first-order valence-electron chi connectivity index (χ1n) is 9.99. The van der Waals surface area contributed by atoms with E-state index in [-0.39, 0.29) is 17.6 Å². The predicted octanol–water partition coefficient (Wildman–Crippen LogP) is 2.92. The summed E-state index contributed by atoms with van der Waals surface area (Å²) in [5.41, 5.74) is 2.12. The van der Waals surface area contributed by atoms with Crippen LogP contribution in [0.2, 0.25) is 0 Å². The summed E-state index contributed by atoms with van der Waals surface area (Å²) in [7, 11) is 0. The molecule has 2 saturated heterocycles. The number of aryl methyl sites for hydroxylation is 2. The highest BCUT2D eigenvalue weighted by Crippen LogP contribution is 2.37. The lowest BCUT2D eigenvalue weighted by atomic mass is 9.84. The Morgan fingerprint density at radius 3 is 2.89 bits per heavy atom. The van der Waals surface area contributed by atoms with E-state index in [0.717, 1.165) is 31.2 Å². The van der Waals surface area contributed by atoms with E-state index in [1.54, 1.807) is 12.4 Å². The third-order valence-corrected chi connectivity index (χ3v) is 5.55. The molecule has 28 heavy (non-hydrogen) atoms. The molecule has 0 aliphatic carbocycles. The fourth-order valence-electron chi connectivity index (χ4n) is 4.08. The standard InChI is InChI=1S/C21H27N3O4/c1-3-4-18-19(15(2)23-28-18)20(25)24-13-21(14-24)11-17(7-10-27-21)26-12-16-5-8-22-9-6-16/h5-6,8-9,17H,3-4,7,10-14H2,1-2H3/t17-/m1/s1. The van der Waals surface area contributed by atoms with Crippen molar-refractivity contribution in [3.63, 3.8) is 0 Å². The molecule has 4 rings (SSSR count). The van der Waals surface area contributed by atoms with E-state index in [1.165, 1.54) is 0 Å². The Morgan fingerprint density at radius 2 is 2.14 bits per heavy atom. The predicted molar refractivity (Wildman–Crippen MR) is 102 cm³/mol. The summed E-state index contributed by atoms with van der Waals surface area (Å²) in [6.07, 6.45) is 7.03. The molecular formula is C21H27N3O4. The minimum atomic E-state index is -0.285. The van der Waals surface area contributed by atoms with Gasteiger partial charge in [-0.25, -0.2) is 0 Å². The van der Waals surface area contributed by atoms with Gasteiger partial charge in [0.1, 0.15) is 16.9 Å². The van der Waals surface area contributed by atoms with Crippen molar-refractivity contribution < 1.29 is 18.8 Å². The van der Waals surface area contributed by atoms with Crippen LogP contribution in [0.4, 0.5) is 0 Å². The average molecular weight is 385 g/mol. The van der Waals surface area contributed by atoms with Crippen LogP contribution in [-0.4, -0.2) is 52.3 Å². The number of ether oxygens (including phenoxy) is 2. The summed E-state index contributed by atoms with van der Waals surface area (Å²) < 4.78 is 17.5. The van der Waals surface area contributed by atoms with Crippen LogP contribution in [0.1, 0.15) is 53.6 Å². The quantitative estimate of drug-likeness (QED) is 0.761. The second-order valence-electron chi connectivity index (χ2n) is 7.79. The molecule has 0 saturated carbocycles. The Bertz CT molecular complexity index is 814. The SMILES string of the molecule is CCCc1onc(C)c1C(=O)N1CC2(C[C@H](OCc3ccncc3)CCO2)C1. The van der Waals surface area contributed by atoms with Crippen molar-refractivity contribution >= 4 is 5.91 Å². The Labute approximate surface area is 165 Å². The van der Waals surface area contributed by atoms with Crippen molar-refractivity contribution in [2.75, 3.05) is 19.7 Å². The number of hydrogen-bond donors (Lipinski definition) is 0. The summed E-state index contributed by atoms with van der Waals surface area (Å²) in [6, 6.07) is 3.93. The van der Waals surface area contributed by atoms with Crippen LogP contribution >= 0.6 is 0 Å². The maximum absolute atomic E-state index is 13.0. The molecule has 1 amide bonds. The number of pyridine rings is 1. The first-order chi connectivity index (χ1) is 13.6. The zero-order chi connectivity index (χ0) is 19.6. The van der Waals surface area contributed by atoms with E-state index in [2.05, 4.69) is 17.1 Å². The molecule has 7 nitrogen and oxygen atoms in total. The smallest absolute Gasteiger partial charge is 0.259 e. The van der Waals surface area contributed by atoms with Crippen molar-refractivity contribution in [2.45, 2.75) is 57.8 Å². The van der Waals surface area contributed by atoms with E-state index < -0.39 is 0 Å². The van der Waals surface area contributed by atoms with Gasteiger partial charge in [0.25, 0.3) is 5.91 Å². The number of rotatable bonds is 6. The molecule has 150 valence electrons. The minimum absolute atomic E-state index is 0.00347. The van der Waals surface area contributed by atoms with Crippen LogP contribution < -0.4 is 0 Å². The lowest BCUT2D eigenvalue weighted by Gasteiger charge is -2.53. The Kier molecular flexibility index (Phi) is 5.46. The van der Waals surface area contributed by atoms with E-state index in [1.807, 2.05) is 24.0 Å². The van der Waals surface area contributed by atoms with Gasteiger partial charge >= 0.3 is 0 Å². The zero-order valence-corrected chi connectivity index (χ0v) is 16.5. The lowest BCUT2D eigenvalue weighted by molar-refractivity contribution is -0.188. The van der Waals surface area contributed by atoms with E-state index >= 15 is 0 Å². The molecule has 1 atom stereocenters. The molecule has 0 unspecified atom stereocenters. The first kappa shape index (κ1) is 19.1. The van der Waals surface area contributed by atoms with Crippen molar-refractivity contribution in [1.29, 1.82) is 0 Å². The highest BCUT2D eigenvalue weighted by atomic mass is 16.5. The highest BCUT2D eigenvalue weighted by molar-refractivity contribution is 5.96. The van der Waals surface area contributed by atoms with Crippen LogP contribution in [0.15, 0.2) is 29.0 Å². The van der Waals surface area contributed by atoms with Gasteiger partial charge in [0.2, 0.25) is 0 Å². The van der Waals surface area contributed by atoms with Crippen LogP contribution in [0.5, 0.6) is 0 Å². The van der Waals surface area contributed by atoms with Gasteiger partial charge in [0.15, 0.2) is 0 Å². The summed E-state index contributed by atoms with van der Waals surface area (Å²) >= 11 is 0. The first-order valence-corrected chi connectivity index (χ1v) is 9.99. The Balaban J connectivity index is 1.34. The van der Waals surface area contributed by atoms with E-state index in [4.69, 9.17) is 14.0 Å². The molecule has 0 aromatic carbocycles. The molecule has 2 aromatic heterocycles. The van der Waals surface area contributed by atoms with Crippen LogP contribution in [0.3, 0.4) is 0 Å². The maximum Gasteiger partial charge on any atom is 0.259 e. The molecule has 4 heterocycles. The van der Waals surface area contributed by atoms with Crippen molar-refractivity contribution in [3.8, 4) is 0 Å². The molecule has 0 N–H and O–H groups in total. The molecule has 2 fully saturated rings. The van der Waals surface area contributed by atoms with E-state index in [9.17, 15) is 4.79 Å². The number of aromatic nitrogens is 2. The largest absolute Gasteiger partial charge is 0.373 e. The maximum atomic E-state index is 13.0. The van der Waals surface area contributed by atoms with Gasteiger partial charge in [-0.1, -0.05) is 12.1 Å². The van der Waals surface area contributed by atoms with Gasteiger partial charge in [0, 0.05) is 31.8 Å². The number of likely N-dealkylation sites (tertiary alicyclic amines) is 1. The minimum Gasteiger partial charge on any atom is -0.373 e. The van der Waals surface area contributed by atoms with Crippen molar-refractivity contribution in [1.82, 2.24) is 15.0 Å². The van der Waals surface area contributed by atoms with Gasteiger partial charge < -0.3 is 18.9 Å². The second kappa shape index (κ2) is 8.01. The lowest BCUT2D eigenvalue weighted by Crippen LogP contribution is -2.67. The Morgan fingerprint density at radius 1 is 1.36 bits per heavy atom. The third-order valence-electron chi connectivity index (χ3n) is 5.55. The number of carbonyl (C=O) groups is 1. The molecule has 0 bridgehead atoms. The molecule has 1 spiro atoms. The van der Waals surface area contributed by atoms with Gasteiger partial charge in [-0.05, 0) is 37.5 Å². The number of hydrogen-bond acceptors (Lipinski definition) is 6. The fourth-order valence-corrected chi connectivity index (χ4v) is 4.08. The number of nitrogens with zero attached hydrogens (tertiary/aromatic N) is 3. The van der Waals surface area contributed by atoms with Gasteiger partial charge in [-0.2, -0.15) is 0 Å². The number of carbonyl (C=O) groups excluding carboxylic acids is 1. The van der Waals surface area contributed by atoms with Gasteiger partial charge in [-0.15, -0.1) is 0 Å². The number of amides is 1. The van der Waals surface area contributed by atoms with Crippen LogP contribution in [0, 0.1) is 6.92 Å². The summed E-state index contributed by atoms with van der Waals surface area (Å²) in [6.45, 7) is 6.31. The molecule has 0 radical (unpaired) electrons. The van der Waals surface area contributed by atoms with Crippen LogP contribution in [0.25, 0.3) is 0 Å². The molecular weight excluding hydrogens is 358 g/mol. The summed E-state index contributed by atoms with van der Waals surface area (Å²) in [5, 5.41) is 3.99. The highest BCUT2D eigenvalue weighted by Gasteiger charge is 2.50. The third kappa shape index (κ3) is 3.82. The van der Waals surface area contributed by atoms with Crippen molar-refractivity contribution in [3.05, 3.63) is 47.1 Å². The van der Waals surface area contributed by atoms with Crippen molar-refractivity contribution in [2.24, 2.45) is 0 Å². The topological polar surface area (TPSA) is 77.7 Å². The molecule has 2 aliphatic heterocycles. The van der Waals surface area contributed by atoms with Gasteiger partial charge in [0.05, 0.1) is 31.5 Å². The molecule has 2 aromatic rings. The normalized spacial score (nSPS) is 20.9. The molecule has 2 aliphatic rings. The monoisotopic (exact) mass is 385 g/mol. The Hall–Kier alpha value is -2.25. The average Bonchev–Trinajstić information content (AvgIpc) is 3.05. The molecule has 7 heteroatoms. The zero-order valence-electron chi connectivity index (χ0n) is 16.5. The second-order valence-corrected chi connectivity index (χ2v) is 7.79. The summed E-state index contributed by atoms with van der Waals surface area (Å²) in [5.74, 6) is 0.685. The fraction of sp³-hybridized carbons (Fsp3) is 0.571. The van der Waals surface area contributed by atoms with Gasteiger partial charge in [-0.3, -0.25) is 9.78 Å². The van der Waals surface area contributed by atoms with Crippen LogP contribution in [-0.2, 0) is 22.5 Å². The van der Waals surface area contributed by atoms with E-state index in [0.29, 0.717) is 43.3 Å². The summed E-state index contributed by atoms with van der Waals surface area (Å²) in [4.78, 5) is 18.8.